The van der Waals surface area contributed by atoms with E-state index in [-0.39, 0.29) is 6.04 Å². The summed E-state index contributed by atoms with van der Waals surface area (Å²) in [6.07, 6.45) is 9.87. The third-order valence-corrected chi connectivity index (χ3v) is 7.13. The first-order valence-corrected chi connectivity index (χ1v) is 12.4. The highest BCUT2D eigenvalue weighted by atomic mass is 35.5. The van der Waals surface area contributed by atoms with Crippen LogP contribution >= 0.6 is 11.6 Å². The lowest BCUT2D eigenvalue weighted by Crippen LogP contribution is -2.29. The van der Waals surface area contributed by atoms with Crippen LogP contribution in [-0.2, 0) is 24.2 Å². The molecule has 0 bridgehead atoms. The third-order valence-electron chi connectivity index (χ3n) is 6.92. The monoisotopic (exact) mass is 504 g/mol. The van der Waals surface area contributed by atoms with Gasteiger partial charge in [-0.3, -0.25) is 14.9 Å². The van der Waals surface area contributed by atoms with Crippen molar-refractivity contribution in [3.8, 4) is 5.75 Å². The average molecular weight is 505 g/mol. The zero-order chi connectivity index (χ0) is 25.1. The number of rotatable bonds is 9. The molecule has 5 rings (SSSR count). The molecule has 186 valence electrons. The van der Waals surface area contributed by atoms with Gasteiger partial charge in [0.25, 0.3) is 5.91 Å². The van der Waals surface area contributed by atoms with Crippen LogP contribution in [0.25, 0.3) is 17.0 Å². The Hall–Kier alpha value is -3.52. The van der Waals surface area contributed by atoms with Crippen molar-refractivity contribution < 1.29 is 14.7 Å². The molecule has 0 spiro atoms. The Morgan fingerprint density at radius 3 is 2.89 bits per heavy atom. The fourth-order valence-corrected chi connectivity index (χ4v) is 5.32. The molecule has 1 atom stereocenters. The van der Waals surface area contributed by atoms with Gasteiger partial charge >= 0.3 is 0 Å². The van der Waals surface area contributed by atoms with Crippen LogP contribution in [0.5, 0.6) is 5.75 Å². The third kappa shape index (κ3) is 5.18. The number of H-pyrrole nitrogens is 2. The number of nitrogens with zero attached hydrogens (tertiary/aromatic N) is 1. The molecule has 7 nitrogen and oxygen atoms in total. The number of nitrogens with one attached hydrogen (secondary N) is 3. The van der Waals surface area contributed by atoms with Crippen molar-refractivity contribution in [3.63, 3.8) is 0 Å². The molecule has 4 aromatic rings. The minimum absolute atomic E-state index is 0.283. The van der Waals surface area contributed by atoms with Crippen LogP contribution in [0.3, 0.4) is 0 Å². The summed E-state index contributed by atoms with van der Waals surface area (Å²) < 4.78 is 5.36. The molecule has 4 N–H and O–H groups in total. The summed E-state index contributed by atoms with van der Waals surface area (Å²) >= 11 is 6.20. The van der Waals surface area contributed by atoms with Gasteiger partial charge in [-0.2, -0.15) is 0 Å². The van der Waals surface area contributed by atoms with Crippen LogP contribution in [0.15, 0.2) is 60.9 Å². The fourth-order valence-electron chi connectivity index (χ4n) is 5.14. The Bertz CT molecular complexity index is 1410. The van der Waals surface area contributed by atoms with Crippen molar-refractivity contribution in [2.75, 3.05) is 13.7 Å². The minimum atomic E-state index is -0.542. The van der Waals surface area contributed by atoms with Crippen LogP contribution < -0.4 is 10.2 Å². The number of aromatic nitrogens is 2. The number of amides is 1. The Labute approximate surface area is 214 Å². The standard InChI is InChI=1S/C28H29ClN4O3/c1-36-23-5-7-24-20(15-31-26(24)14-23)10-11-33(17-22-13-21(29)16-30-22)27-8-4-19-12-18(2-6-25(19)27)3-9-28(34)32-35/h2-3,5-7,9,12-16,27,30-31,35H,4,8,10-11,17H2,1H3,(H,32,34)/b9-3+. The highest BCUT2D eigenvalue weighted by molar-refractivity contribution is 6.30. The Morgan fingerprint density at radius 2 is 2.11 bits per heavy atom. The first kappa shape index (κ1) is 24.2. The minimum Gasteiger partial charge on any atom is -0.497 e. The van der Waals surface area contributed by atoms with Crippen LogP contribution in [0, 0.1) is 0 Å². The highest BCUT2D eigenvalue weighted by Crippen LogP contribution is 2.37. The molecule has 0 saturated heterocycles. The van der Waals surface area contributed by atoms with Gasteiger partial charge in [0.15, 0.2) is 0 Å². The van der Waals surface area contributed by atoms with Crippen molar-refractivity contribution in [1.29, 1.82) is 0 Å². The van der Waals surface area contributed by atoms with Gasteiger partial charge in [-0.05, 0) is 65.8 Å². The quantitative estimate of drug-likeness (QED) is 0.139. The number of aryl methyl sites for hydroxylation is 1. The highest BCUT2D eigenvalue weighted by Gasteiger charge is 2.28. The first-order valence-electron chi connectivity index (χ1n) is 12.0. The van der Waals surface area contributed by atoms with E-state index in [0.29, 0.717) is 5.02 Å². The molecule has 0 fully saturated rings. The van der Waals surface area contributed by atoms with Gasteiger partial charge in [-0.15, -0.1) is 0 Å². The number of methoxy groups -OCH3 is 1. The van der Waals surface area contributed by atoms with Gasteiger partial charge in [0.1, 0.15) is 5.75 Å². The smallest absolute Gasteiger partial charge is 0.267 e. The predicted molar refractivity (Wildman–Crippen MR) is 141 cm³/mol. The summed E-state index contributed by atoms with van der Waals surface area (Å²) in [6, 6.07) is 14.7. The Morgan fingerprint density at radius 1 is 1.22 bits per heavy atom. The predicted octanol–water partition coefficient (Wildman–Crippen LogP) is 5.41. The molecule has 0 saturated carbocycles. The lowest BCUT2D eigenvalue weighted by molar-refractivity contribution is -0.124. The molecule has 2 heterocycles. The summed E-state index contributed by atoms with van der Waals surface area (Å²) in [5.74, 6) is 0.301. The number of hydrogen-bond donors (Lipinski definition) is 4. The van der Waals surface area contributed by atoms with E-state index in [1.165, 1.54) is 28.2 Å². The molecule has 0 radical (unpaired) electrons. The molecular formula is C28H29ClN4O3. The number of carbonyl (C=O) groups is 1. The summed E-state index contributed by atoms with van der Waals surface area (Å²) in [6.45, 7) is 1.66. The van der Waals surface area contributed by atoms with E-state index >= 15 is 0 Å². The number of halogens is 1. The van der Waals surface area contributed by atoms with Crippen molar-refractivity contribution >= 4 is 34.5 Å². The number of benzene rings is 2. The number of aromatic amines is 2. The van der Waals surface area contributed by atoms with E-state index in [1.807, 2.05) is 30.5 Å². The lowest BCUT2D eigenvalue weighted by Gasteiger charge is -2.29. The molecular weight excluding hydrogens is 476 g/mol. The zero-order valence-electron chi connectivity index (χ0n) is 20.1. The lowest BCUT2D eigenvalue weighted by atomic mass is 10.0. The van der Waals surface area contributed by atoms with E-state index in [4.69, 9.17) is 21.5 Å². The second-order valence-corrected chi connectivity index (χ2v) is 9.55. The van der Waals surface area contributed by atoms with E-state index < -0.39 is 5.91 Å². The molecule has 2 aromatic heterocycles. The van der Waals surface area contributed by atoms with Gasteiger partial charge in [-0.1, -0.05) is 29.8 Å². The van der Waals surface area contributed by atoms with Crippen LogP contribution in [0.1, 0.15) is 40.4 Å². The maximum absolute atomic E-state index is 11.3. The van der Waals surface area contributed by atoms with Crippen LogP contribution in [0.4, 0.5) is 0 Å². The summed E-state index contributed by atoms with van der Waals surface area (Å²) in [5.41, 5.74) is 8.62. The fraction of sp³-hybridized carbons (Fsp3) is 0.250. The molecule has 1 aliphatic carbocycles. The molecule has 1 unspecified atom stereocenters. The first-order chi connectivity index (χ1) is 17.5. The van der Waals surface area contributed by atoms with E-state index in [1.54, 1.807) is 18.7 Å². The van der Waals surface area contributed by atoms with Crippen molar-refractivity contribution in [2.45, 2.75) is 31.8 Å². The molecule has 1 amide bonds. The van der Waals surface area contributed by atoms with Crippen molar-refractivity contribution in [3.05, 3.63) is 93.9 Å². The largest absolute Gasteiger partial charge is 0.497 e. The molecule has 8 heteroatoms. The number of carbonyl (C=O) groups excluding carboxylic acids is 1. The molecule has 1 aliphatic rings. The molecule has 36 heavy (non-hydrogen) atoms. The molecule has 2 aromatic carbocycles. The second kappa shape index (κ2) is 10.6. The number of ether oxygens (including phenoxy) is 1. The maximum Gasteiger partial charge on any atom is 0.267 e. The van der Waals surface area contributed by atoms with E-state index in [9.17, 15) is 4.79 Å². The van der Waals surface area contributed by atoms with Gasteiger partial charge in [0.2, 0.25) is 0 Å². The Balaban J connectivity index is 1.38. The Kier molecular flexibility index (Phi) is 7.13. The van der Waals surface area contributed by atoms with Crippen molar-refractivity contribution in [1.82, 2.24) is 20.3 Å². The zero-order valence-corrected chi connectivity index (χ0v) is 20.8. The van der Waals surface area contributed by atoms with Gasteiger partial charge in [0.05, 0.1) is 12.1 Å². The SMILES string of the molecule is COc1ccc2c(CCN(Cc3cc(Cl)c[nH]3)C3CCc4cc(/C=C/C(=O)NO)ccc43)c[nH]c2c1. The molecule has 0 aliphatic heterocycles. The van der Waals surface area contributed by atoms with E-state index in [2.05, 4.69) is 39.3 Å². The average Bonchev–Trinajstić information content (AvgIpc) is 3.62. The number of fused-ring (bicyclic) bond motifs is 2. The van der Waals surface area contributed by atoms with Gasteiger partial charge < -0.3 is 14.7 Å². The number of hydroxylamine groups is 1. The van der Waals surface area contributed by atoms with Crippen LogP contribution in [-0.4, -0.2) is 39.6 Å². The summed E-state index contributed by atoms with van der Waals surface area (Å²) in [4.78, 5) is 20.5. The summed E-state index contributed by atoms with van der Waals surface area (Å²) in [7, 11) is 1.68. The van der Waals surface area contributed by atoms with Crippen molar-refractivity contribution in [2.24, 2.45) is 0 Å². The second-order valence-electron chi connectivity index (χ2n) is 9.11. The van der Waals surface area contributed by atoms with E-state index in [0.717, 1.165) is 54.9 Å². The topological polar surface area (TPSA) is 93.4 Å². The van der Waals surface area contributed by atoms with Crippen LogP contribution in [0.2, 0.25) is 5.02 Å². The van der Waals surface area contributed by atoms with Gasteiger partial charge in [-0.25, -0.2) is 5.48 Å². The number of hydrogen-bond acceptors (Lipinski definition) is 4. The van der Waals surface area contributed by atoms with Gasteiger partial charge in [0, 0.05) is 60.3 Å². The summed E-state index contributed by atoms with van der Waals surface area (Å²) in [5, 5.41) is 10.6. The normalized spacial score (nSPS) is 15.2. The maximum atomic E-state index is 11.3.